The van der Waals surface area contributed by atoms with E-state index >= 15 is 0 Å². The minimum atomic E-state index is -1.38. The summed E-state index contributed by atoms with van der Waals surface area (Å²) in [6.07, 6.45) is 0. The van der Waals surface area contributed by atoms with Gasteiger partial charge in [-0.2, -0.15) is 5.10 Å². The van der Waals surface area contributed by atoms with Crippen molar-refractivity contribution in [2.24, 2.45) is 7.05 Å². The first-order valence-corrected chi connectivity index (χ1v) is 6.72. The molecule has 0 aliphatic heterocycles. The molecule has 1 heterocycles. The largest absolute Gasteiger partial charge is 0.398 e. The van der Waals surface area contributed by atoms with Crippen molar-refractivity contribution in [2.75, 3.05) is 5.73 Å². The first kappa shape index (κ1) is 12.8. The highest BCUT2D eigenvalue weighted by Gasteiger charge is 2.12. The summed E-state index contributed by atoms with van der Waals surface area (Å²) in [4.78, 5) is 0.328. The molecule has 0 amide bonds. The fourth-order valence-corrected chi connectivity index (χ4v) is 2.99. The number of hydrogen-bond acceptors (Lipinski definition) is 3. The molecule has 2 rings (SSSR count). The Morgan fingerprint density at radius 2 is 2.17 bits per heavy atom. The van der Waals surface area contributed by atoms with Crippen LogP contribution in [-0.2, 0) is 23.6 Å². The molecular formula is C12H14FN3OS. The van der Waals surface area contributed by atoms with Crippen LogP contribution in [0.15, 0.2) is 29.2 Å². The number of rotatable bonds is 3. The third-order valence-electron chi connectivity index (χ3n) is 2.60. The van der Waals surface area contributed by atoms with Gasteiger partial charge in [-0.1, -0.05) is 0 Å². The molecule has 0 bridgehead atoms. The molecule has 2 N–H and O–H groups in total. The molecule has 1 aromatic carbocycles. The molecule has 4 nitrogen and oxygen atoms in total. The third kappa shape index (κ3) is 2.59. The molecule has 96 valence electrons. The molecule has 0 saturated carbocycles. The normalized spacial score (nSPS) is 12.6. The van der Waals surface area contributed by atoms with Gasteiger partial charge in [0.1, 0.15) is 5.82 Å². The van der Waals surface area contributed by atoms with Crippen LogP contribution in [0.5, 0.6) is 0 Å². The maximum absolute atomic E-state index is 13.1. The second kappa shape index (κ2) is 4.89. The minimum Gasteiger partial charge on any atom is -0.398 e. The van der Waals surface area contributed by atoms with Crippen LogP contribution in [-0.4, -0.2) is 14.0 Å². The molecule has 1 aromatic heterocycles. The second-order valence-electron chi connectivity index (χ2n) is 4.07. The Labute approximate surface area is 107 Å². The van der Waals surface area contributed by atoms with E-state index in [1.165, 1.54) is 18.2 Å². The van der Waals surface area contributed by atoms with E-state index in [9.17, 15) is 8.60 Å². The zero-order chi connectivity index (χ0) is 13.3. The zero-order valence-electron chi connectivity index (χ0n) is 10.2. The lowest BCUT2D eigenvalue weighted by molar-refractivity contribution is 0.623. The van der Waals surface area contributed by atoms with E-state index in [1.807, 2.05) is 13.0 Å². The summed E-state index contributed by atoms with van der Waals surface area (Å²) >= 11 is 0. The van der Waals surface area contributed by atoms with Crippen molar-refractivity contribution >= 4 is 16.5 Å². The fraction of sp³-hybridized carbons (Fsp3) is 0.250. The first-order chi connectivity index (χ1) is 8.47. The Morgan fingerprint density at radius 1 is 1.44 bits per heavy atom. The van der Waals surface area contributed by atoms with Gasteiger partial charge >= 0.3 is 0 Å². The van der Waals surface area contributed by atoms with E-state index in [4.69, 9.17) is 5.73 Å². The number of nitrogens with zero attached hydrogens (tertiary/aromatic N) is 2. The summed E-state index contributed by atoms with van der Waals surface area (Å²) < 4.78 is 27.0. The molecule has 0 aliphatic rings. The van der Waals surface area contributed by atoms with E-state index in [2.05, 4.69) is 5.10 Å². The van der Waals surface area contributed by atoms with Gasteiger partial charge in [-0.25, -0.2) is 4.39 Å². The lowest BCUT2D eigenvalue weighted by Crippen LogP contribution is -2.05. The number of nitrogen functional groups attached to an aromatic ring is 1. The SMILES string of the molecule is Cc1cc(CS(=O)c2cc(F)ccc2N)n(C)n1. The quantitative estimate of drug-likeness (QED) is 0.862. The van der Waals surface area contributed by atoms with Crippen LogP contribution in [0.3, 0.4) is 0 Å². The zero-order valence-corrected chi connectivity index (χ0v) is 11.0. The van der Waals surface area contributed by atoms with Gasteiger partial charge in [-0.15, -0.1) is 0 Å². The van der Waals surface area contributed by atoms with Crippen molar-refractivity contribution in [1.29, 1.82) is 0 Å². The van der Waals surface area contributed by atoms with Crippen molar-refractivity contribution in [3.8, 4) is 0 Å². The van der Waals surface area contributed by atoms with Crippen LogP contribution in [0.25, 0.3) is 0 Å². The predicted molar refractivity (Wildman–Crippen MR) is 68.9 cm³/mol. The smallest absolute Gasteiger partial charge is 0.124 e. The molecule has 18 heavy (non-hydrogen) atoms. The van der Waals surface area contributed by atoms with Crippen LogP contribution in [0.1, 0.15) is 11.4 Å². The Kier molecular flexibility index (Phi) is 3.47. The molecule has 0 saturated heterocycles. The molecular weight excluding hydrogens is 253 g/mol. The van der Waals surface area contributed by atoms with Crippen molar-refractivity contribution in [1.82, 2.24) is 9.78 Å². The van der Waals surface area contributed by atoms with Crippen molar-refractivity contribution < 1.29 is 8.60 Å². The van der Waals surface area contributed by atoms with E-state index in [0.717, 1.165) is 11.4 Å². The average molecular weight is 267 g/mol. The van der Waals surface area contributed by atoms with Crippen LogP contribution in [0, 0.1) is 12.7 Å². The van der Waals surface area contributed by atoms with Gasteiger partial charge in [0.25, 0.3) is 0 Å². The lowest BCUT2D eigenvalue weighted by atomic mass is 10.3. The highest BCUT2D eigenvalue weighted by Crippen LogP contribution is 2.20. The molecule has 0 aliphatic carbocycles. The monoisotopic (exact) mass is 267 g/mol. The Hall–Kier alpha value is -1.69. The third-order valence-corrected chi connectivity index (χ3v) is 4.00. The summed E-state index contributed by atoms with van der Waals surface area (Å²) in [5.41, 5.74) is 7.73. The molecule has 6 heteroatoms. The van der Waals surface area contributed by atoms with Gasteiger partial charge in [0.05, 0.1) is 32.8 Å². The van der Waals surface area contributed by atoms with E-state index < -0.39 is 16.6 Å². The topological polar surface area (TPSA) is 60.9 Å². The molecule has 0 spiro atoms. The van der Waals surface area contributed by atoms with E-state index in [1.54, 1.807) is 11.7 Å². The number of aryl methyl sites for hydroxylation is 2. The van der Waals surface area contributed by atoms with Crippen molar-refractivity contribution in [3.05, 3.63) is 41.5 Å². The van der Waals surface area contributed by atoms with Crippen molar-refractivity contribution in [3.63, 3.8) is 0 Å². The van der Waals surface area contributed by atoms with Crippen LogP contribution in [0.4, 0.5) is 10.1 Å². The minimum absolute atomic E-state index is 0.269. The highest BCUT2D eigenvalue weighted by atomic mass is 32.2. The van der Waals surface area contributed by atoms with Crippen LogP contribution >= 0.6 is 0 Å². The van der Waals surface area contributed by atoms with Gasteiger partial charge in [0.2, 0.25) is 0 Å². The Morgan fingerprint density at radius 3 is 2.78 bits per heavy atom. The standard InChI is InChI=1S/C12H14FN3OS/c1-8-5-10(16(2)15-8)7-18(17)12-6-9(13)3-4-11(12)14/h3-6H,7,14H2,1-2H3. The summed E-state index contributed by atoms with van der Waals surface area (Å²) in [6.45, 7) is 1.86. The molecule has 1 atom stereocenters. The predicted octanol–water partition coefficient (Wildman–Crippen LogP) is 1.76. The number of hydrogen-bond donors (Lipinski definition) is 1. The maximum Gasteiger partial charge on any atom is 0.124 e. The summed E-state index contributed by atoms with van der Waals surface area (Å²) in [7, 11) is 0.407. The highest BCUT2D eigenvalue weighted by molar-refractivity contribution is 7.84. The second-order valence-corrected chi connectivity index (χ2v) is 5.49. The van der Waals surface area contributed by atoms with Gasteiger partial charge in [-0.05, 0) is 31.2 Å². The number of anilines is 1. The molecule has 2 aromatic rings. The first-order valence-electron chi connectivity index (χ1n) is 5.40. The van der Waals surface area contributed by atoms with Crippen LogP contribution in [0.2, 0.25) is 0 Å². The van der Waals surface area contributed by atoms with Gasteiger partial charge in [-0.3, -0.25) is 8.89 Å². The summed E-state index contributed by atoms with van der Waals surface area (Å²) in [5, 5.41) is 4.17. The Bertz CT molecular complexity index is 609. The molecule has 0 fully saturated rings. The number of nitrogens with two attached hydrogens (primary N) is 1. The molecule has 1 unspecified atom stereocenters. The molecule has 0 radical (unpaired) electrons. The summed E-state index contributed by atoms with van der Waals surface area (Å²) in [6, 6.07) is 5.75. The summed E-state index contributed by atoms with van der Waals surface area (Å²) in [5.74, 6) is -0.168. The van der Waals surface area contributed by atoms with Gasteiger partial charge in [0.15, 0.2) is 0 Å². The lowest BCUT2D eigenvalue weighted by Gasteiger charge is -2.06. The number of halogens is 1. The number of benzene rings is 1. The number of aromatic nitrogens is 2. The van der Waals surface area contributed by atoms with E-state index in [-0.39, 0.29) is 5.75 Å². The fourth-order valence-electron chi connectivity index (χ4n) is 1.72. The van der Waals surface area contributed by atoms with E-state index in [0.29, 0.717) is 10.6 Å². The van der Waals surface area contributed by atoms with Crippen molar-refractivity contribution in [2.45, 2.75) is 17.6 Å². The Balaban J connectivity index is 2.27. The maximum atomic E-state index is 13.1. The van der Waals surface area contributed by atoms with Crippen LogP contribution < -0.4 is 5.73 Å². The van der Waals surface area contributed by atoms with Gasteiger partial charge < -0.3 is 5.73 Å². The average Bonchev–Trinajstić information content (AvgIpc) is 2.61. The van der Waals surface area contributed by atoms with Gasteiger partial charge in [0, 0.05) is 12.7 Å².